The van der Waals surface area contributed by atoms with Crippen molar-refractivity contribution in [3.63, 3.8) is 0 Å². The maximum absolute atomic E-state index is 11.5. The van der Waals surface area contributed by atoms with Crippen molar-refractivity contribution in [2.75, 3.05) is 40.9 Å². The Bertz CT molecular complexity index is 186. The zero-order chi connectivity index (χ0) is 12.4. The van der Waals surface area contributed by atoms with Crippen molar-refractivity contribution in [2.24, 2.45) is 5.73 Å². The van der Waals surface area contributed by atoms with Gasteiger partial charge in [-0.3, -0.25) is 4.79 Å². The fourth-order valence-electron chi connectivity index (χ4n) is 1.32. The second-order valence-electron chi connectivity index (χ2n) is 4.19. The van der Waals surface area contributed by atoms with Gasteiger partial charge in [-0.25, -0.2) is 0 Å². The van der Waals surface area contributed by atoms with Gasteiger partial charge in [0, 0.05) is 20.3 Å². The van der Waals surface area contributed by atoms with Crippen molar-refractivity contribution in [2.45, 2.75) is 25.3 Å². The first-order valence-corrected chi connectivity index (χ1v) is 5.75. The second-order valence-corrected chi connectivity index (χ2v) is 4.19. The number of carbonyl (C=O) groups is 1. The molecule has 5 nitrogen and oxygen atoms in total. The summed E-state index contributed by atoms with van der Waals surface area (Å²) in [5.74, 6) is -0.0603. The van der Waals surface area contributed by atoms with Crippen molar-refractivity contribution in [3.05, 3.63) is 0 Å². The highest BCUT2D eigenvalue weighted by Crippen LogP contribution is 1.95. The third kappa shape index (κ3) is 8.64. The van der Waals surface area contributed by atoms with Gasteiger partial charge in [-0.05, 0) is 39.9 Å². The highest BCUT2D eigenvalue weighted by molar-refractivity contribution is 5.81. The minimum atomic E-state index is -0.408. The van der Waals surface area contributed by atoms with Crippen molar-refractivity contribution in [1.29, 1.82) is 0 Å². The summed E-state index contributed by atoms with van der Waals surface area (Å²) in [6.45, 7) is 2.32. The lowest BCUT2D eigenvalue weighted by molar-refractivity contribution is -0.122. The number of nitrogens with one attached hydrogen (secondary N) is 1. The monoisotopic (exact) mass is 231 g/mol. The number of ether oxygens (including phenoxy) is 1. The Morgan fingerprint density at radius 1 is 1.44 bits per heavy atom. The van der Waals surface area contributed by atoms with E-state index in [1.54, 1.807) is 7.11 Å². The fourth-order valence-corrected chi connectivity index (χ4v) is 1.32. The van der Waals surface area contributed by atoms with Gasteiger partial charge in [-0.15, -0.1) is 0 Å². The average Bonchev–Trinajstić information content (AvgIpc) is 2.24. The molecule has 0 heterocycles. The SMILES string of the molecule is COCCCC(N)C(=O)NCCCN(C)C. The number of rotatable bonds is 9. The van der Waals surface area contributed by atoms with Crippen molar-refractivity contribution in [1.82, 2.24) is 10.2 Å². The van der Waals surface area contributed by atoms with Gasteiger partial charge < -0.3 is 20.7 Å². The van der Waals surface area contributed by atoms with Gasteiger partial charge >= 0.3 is 0 Å². The molecular weight excluding hydrogens is 206 g/mol. The van der Waals surface area contributed by atoms with E-state index in [0.29, 0.717) is 19.6 Å². The van der Waals surface area contributed by atoms with Crippen LogP contribution in [0.5, 0.6) is 0 Å². The molecule has 0 aliphatic carbocycles. The first-order chi connectivity index (χ1) is 7.57. The van der Waals surface area contributed by atoms with E-state index in [2.05, 4.69) is 10.2 Å². The zero-order valence-electron chi connectivity index (χ0n) is 10.7. The summed E-state index contributed by atoms with van der Waals surface area (Å²) >= 11 is 0. The molecule has 0 aromatic rings. The smallest absolute Gasteiger partial charge is 0.236 e. The van der Waals surface area contributed by atoms with E-state index in [-0.39, 0.29) is 5.91 Å². The van der Waals surface area contributed by atoms with Crippen molar-refractivity contribution < 1.29 is 9.53 Å². The summed E-state index contributed by atoms with van der Waals surface area (Å²) in [6, 6.07) is -0.408. The Morgan fingerprint density at radius 2 is 2.12 bits per heavy atom. The Hall–Kier alpha value is -0.650. The average molecular weight is 231 g/mol. The van der Waals surface area contributed by atoms with E-state index in [0.717, 1.165) is 19.4 Å². The van der Waals surface area contributed by atoms with Crippen LogP contribution in [0.2, 0.25) is 0 Å². The molecule has 0 bridgehead atoms. The standard InChI is InChI=1S/C11H25N3O2/c1-14(2)8-5-7-13-11(15)10(12)6-4-9-16-3/h10H,4-9,12H2,1-3H3,(H,13,15). The highest BCUT2D eigenvalue weighted by atomic mass is 16.5. The summed E-state index contributed by atoms with van der Waals surface area (Å²) in [6.07, 6.45) is 2.44. The molecule has 0 spiro atoms. The number of methoxy groups -OCH3 is 1. The van der Waals surface area contributed by atoms with Crippen LogP contribution in [0, 0.1) is 0 Å². The molecule has 5 heteroatoms. The Balaban J connectivity index is 3.47. The quantitative estimate of drug-likeness (QED) is 0.540. The maximum atomic E-state index is 11.5. The summed E-state index contributed by atoms with van der Waals surface area (Å²) in [4.78, 5) is 13.6. The Morgan fingerprint density at radius 3 is 2.69 bits per heavy atom. The molecule has 0 aromatic heterocycles. The largest absolute Gasteiger partial charge is 0.385 e. The molecule has 3 N–H and O–H groups in total. The molecule has 1 unspecified atom stereocenters. The van der Waals surface area contributed by atoms with Gasteiger partial charge in [-0.2, -0.15) is 0 Å². The summed E-state index contributed by atoms with van der Waals surface area (Å²) in [7, 11) is 5.67. The van der Waals surface area contributed by atoms with Crippen LogP contribution < -0.4 is 11.1 Å². The van der Waals surface area contributed by atoms with Crippen LogP contribution in [-0.4, -0.2) is 57.8 Å². The third-order valence-electron chi connectivity index (χ3n) is 2.28. The topological polar surface area (TPSA) is 67.6 Å². The predicted molar refractivity (Wildman–Crippen MR) is 65.3 cm³/mol. The lowest BCUT2D eigenvalue weighted by Crippen LogP contribution is -2.41. The van der Waals surface area contributed by atoms with Crippen LogP contribution in [-0.2, 0) is 9.53 Å². The molecule has 1 amide bonds. The third-order valence-corrected chi connectivity index (χ3v) is 2.28. The maximum Gasteiger partial charge on any atom is 0.236 e. The van der Waals surface area contributed by atoms with E-state index in [9.17, 15) is 4.79 Å². The molecule has 0 saturated carbocycles. The number of hydrogen-bond acceptors (Lipinski definition) is 4. The Kier molecular flexibility index (Phi) is 9.18. The van der Waals surface area contributed by atoms with Gasteiger partial charge in [0.1, 0.15) is 0 Å². The highest BCUT2D eigenvalue weighted by Gasteiger charge is 2.11. The van der Waals surface area contributed by atoms with Crippen LogP contribution in [0.1, 0.15) is 19.3 Å². The van der Waals surface area contributed by atoms with Crippen LogP contribution in [0.3, 0.4) is 0 Å². The molecule has 0 fully saturated rings. The van der Waals surface area contributed by atoms with Crippen LogP contribution in [0.4, 0.5) is 0 Å². The first-order valence-electron chi connectivity index (χ1n) is 5.75. The summed E-state index contributed by atoms with van der Waals surface area (Å²) < 4.78 is 4.90. The van der Waals surface area contributed by atoms with E-state index >= 15 is 0 Å². The number of nitrogens with zero attached hydrogens (tertiary/aromatic N) is 1. The molecule has 0 aliphatic heterocycles. The van der Waals surface area contributed by atoms with Crippen molar-refractivity contribution >= 4 is 5.91 Å². The minimum absolute atomic E-state index is 0.0603. The van der Waals surface area contributed by atoms with Crippen LogP contribution >= 0.6 is 0 Å². The fraction of sp³-hybridized carbons (Fsp3) is 0.909. The van der Waals surface area contributed by atoms with Gasteiger partial charge in [0.2, 0.25) is 5.91 Å². The van der Waals surface area contributed by atoms with E-state index in [1.807, 2.05) is 14.1 Å². The predicted octanol–water partition coefficient (Wildman–Crippen LogP) is -0.192. The van der Waals surface area contributed by atoms with Gasteiger partial charge in [0.15, 0.2) is 0 Å². The van der Waals surface area contributed by atoms with Gasteiger partial charge in [0.25, 0.3) is 0 Å². The van der Waals surface area contributed by atoms with Gasteiger partial charge in [-0.1, -0.05) is 0 Å². The minimum Gasteiger partial charge on any atom is -0.385 e. The summed E-state index contributed by atoms with van der Waals surface area (Å²) in [5.41, 5.74) is 5.72. The van der Waals surface area contributed by atoms with Crippen molar-refractivity contribution in [3.8, 4) is 0 Å². The molecular formula is C11H25N3O2. The normalized spacial score (nSPS) is 12.8. The molecule has 96 valence electrons. The molecule has 0 aliphatic rings. The number of carbonyl (C=O) groups excluding carboxylic acids is 1. The first kappa shape index (κ1) is 15.3. The molecule has 1 atom stereocenters. The van der Waals surface area contributed by atoms with Crippen LogP contribution in [0.25, 0.3) is 0 Å². The second kappa shape index (κ2) is 9.57. The number of amides is 1. The van der Waals surface area contributed by atoms with E-state index in [4.69, 9.17) is 10.5 Å². The van der Waals surface area contributed by atoms with Gasteiger partial charge in [0.05, 0.1) is 6.04 Å². The molecule has 0 rings (SSSR count). The molecule has 0 radical (unpaired) electrons. The molecule has 16 heavy (non-hydrogen) atoms. The van der Waals surface area contributed by atoms with E-state index in [1.165, 1.54) is 0 Å². The zero-order valence-corrected chi connectivity index (χ0v) is 10.7. The lowest BCUT2D eigenvalue weighted by atomic mass is 10.1. The van der Waals surface area contributed by atoms with Crippen LogP contribution in [0.15, 0.2) is 0 Å². The summed E-state index contributed by atoms with van der Waals surface area (Å²) in [5, 5.41) is 2.83. The Labute approximate surface area is 98.3 Å². The van der Waals surface area contributed by atoms with E-state index < -0.39 is 6.04 Å². The number of hydrogen-bond donors (Lipinski definition) is 2. The lowest BCUT2D eigenvalue weighted by Gasteiger charge is -2.13. The molecule has 0 saturated heterocycles. The number of nitrogens with two attached hydrogens (primary N) is 1. The molecule has 0 aromatic carbocycles.